The van der Waals surface area contributed by atoms with Crippen LogP contribution in [0.2, 0.25) is 0 Å². The Kier molecular flexibility index (Phi) is 5.32. The molecular formula is C22H30N2O4. The van der Waals surface area contributed by atoms with Gasteiger partial charge in [0.05, 0.1) is 12.7 Å². The summed E-state index contributed by atoms with van der Waals surface area (Å²) in [6.45, 7) is 4.07. The van der Waals surface area contributed by atoms with E-state index in [-0.39, 0.29) is 17.8 Å². The van der Waals surface area contributed by atoms with Crippen molar-refractivity contribution in [2.45, 2.75) is 44.1 Å². The van der Waals surface area contributed by atoms with E-state index in [4.69, 9.17) is 9.47 Å². The van der Waals surface area contributed by atoms with E-state index in [9.17, 15) is 9.59 Å². The molecule has 0 radical (unpaired) electrons. The Morgan fingerprint density at radius 3 is 2.68 bits per heavy atom. The SMILES string of the molecule is COc1ccc2c(c1)C(=O)O[C@]21CC[C@H](C(=O)N(C)CCN2CCCC2)CC1. The standard InChI is InChI=1S/C22H30N2O4/c1-23(13-14-24-11-3-4-12-24)20(25)16-7-9-22(10-8-16)19-6-5-17(27-2)15-18(19)21(26)28-22/h5-6,15-16H,3-4,7-14H2,1-2H3/t16-,22-. The third kappa shape index (κ3) is 3.50. The Hall–Kier alpha value is -2.08. The van der Waals surface area contributed by atoms with Crippen LogP contribution in [-0.4, -0.2) is 62.0 Å². The summed E-state index contributed by atoms with van der Waals surface area (Å²) in [5.41, 5.74) is 0.988. The van der Waals surface area contributed by atoms with Gasteiger partial charge < -0.3 is 19.3 Å². The first-order chi connectivity index (χ1) is 13.5. The van der Waals surface area contributed by atoms with Crippen molar-refractivity contribution >= 4 is 11.9 Å². The van der Waals surface area contributed by atoms with Gasteiger partial charge in [0.1, 0.15) is 11.4 Å². The zero-order valence-corrected chi connectivity index (χ0v) is 16.9. The number of carbonyl (C=O) groups excluding carboxylic acids is 2. The van der Waals surface area contributed by atoms with Gasteiger partial charge >= 0.3 is 5.97 Å². The fourth-order valence-electron chi connectivity index (χ4n) is 4.93. The maximum absolute atomic E-state index is 12.9. The zero-order valence-electron chi connectivity index (χ0n) is 16.9. The molecule has 1 saturated heterocycles. The van der Waals surface area contributed by atoms with Crippen molar-refractivity contribution in [1.29, 1.82) is 0 Å². The molecule has 152 valence electrons. The fraction of sp³-hybridized carbons (Fsp3) is 0.636. The molecule has 2 aliphatic heterocycles. The topological polar surface area (TPSA) is 59.1 Å². The largest absolute Gasteiger partial charge is 0.497 e. The molecule has 1 aliphatic carbocycles. The van der Waals surface area contributed by atoms with Gasteiger partial charge in [0.2, 0.25) is 5.91 Å². The van der Waals surface area contributed by atoms with E-state index in [0.29, 0.717) is 24.2 Å². The number of amides is 1. The molecule has 4 rings (SSSR count). The lowest BCUT2D eigenvalue weighted by molar-refractivity contribution is -0.137. The van der Waals surface area contributed by atoms with E-state index in [0.717, 1.165) is 44.6 Å². The molecule has 0 aromatic heterocycles. The van der Waals surface area contributed by atoms with E-state index >= 15 is 0 Å². The Morgan fingerprint density at radius 1 is 1.29 bits per heavy atom. The first kappa shape index (κ1) is 19.2. The van der Waals surface area contributed by atoms with Gasteiger partial charge in [-0.25, -0.2) is 4.79 Å². The molecule has 1 saturated carbocycles. The van der Waals surface area contributed by atoms with Crippen LogP contribution in [0.4, 0.5) is 0 Å². The van der Waals surface area contributed by atoms with Crippen LogP contribution in [0.15, 0.2) is 18.2 Å². The summed E-state index contributed by atoms with van der Waals surface area (Å²) < 4.78 is 11.1. The maximum atomic E-state index is 12.9. The normalized spacial score (nSPS) is 26.9. The quantitative estimate of drug-likeness (QED) is 0.729. The number of likely N-dealkylation sites (tertiary alicyclic amines) is 1. The highest BCUT2D eigenvalue weighted by molar-refractivity contribution is 5.95. The first-order valence-corrected chi connectivity index (χ1v) is 10.4. The van der Waals surface area contributed by atoms with Gasteiger partial charge in [-0.3, -0.25) is 4.79 Å². The molecule has 1 aromatic rings. The Morgan fingerprint density at radius 2 is 2.00 bits per heavy atom. The number of nitrogens with zero attached hydrogens (tertiary/aromatic N) is 2. The smallest absolute Gasteiger partial charge is 0.339 e. The number of esters is 1. The highest BCUT2D eigenvalue weighted by Crippen LogP contribution is 2.48. The van der Waals surface area contributed by atoms with Crippen molar-refractivity contribution in [2.24, 2.45) is 5.92 Å². The third-order valence-corrected chi connectivity index (χ3v) is 6.69. The number of hydrogen-bond donors (Lipinski definition) is 0. The van der Waals surface area contributed by atoms with Gasteiger partial charge in [0.15, 0.2) is 0 Å². The maximum Gasteiger partial charge on any atom is 0.339 e. The molecule has 3 aliphatic rings. The van der Waals surface area contributed by atoms with Crippen LogP contribution in [0.5, 0.6) is 5.75 Å². The van der Waals surface area contributed by atoms with Crippen LogP contribution in [-0.2, 0) is 15.1 Å². The van der Waals surface area contributed by atoms with Gasteiger partial charge in [-0.15, -0.1) is 0 Å². The number of fused-ring (bicyclic) bond motifs is 2. The molecule has 0 atom stereocenters. The van der Waals surface area contributed by atoms with Crippen molar-refractivity contribution in [1.82, 2.24) is 9.80 Å². The van der Waals surface area contributed by atoms with Crippen LogP contribution in [0, 0.1) is 5.92 Å². The molecule has 6 heteroatoms. The van der Waals surface area contributed by atoms with Crippen LogP contribution in [0.1, 0.15) is 54.4 Å². The highest BCUT2D eigenvalue weighted by Gasteiger charge is 2.48. The van der Waals surface area contributed by atoms with E-state index in [2.05, 4.69) is 4.90 Å². The lowest BCUT2D eigenvalue weighted by Gasteiger charge is -2.37. The Balaban J connectivity index is 1.37. The molecule has 0 unspecified atom stereocenters. The van der Waals surface area contributed by atoms with Crippen molar-refractivity contribution in [2.75, 3.05) is 40.3 Å². The van der Waals surface area contributed by atoms with Crippen LogP contribution < -0.4 is 4.74 Å². The van der Waals surface area contributed by atoms with Crippen LogP contribution in [0.3, 0.4) is 0 Å². The van der Waals surface area contributed by atoms with E-state index in [1.54, 1.807) is 13.2 Å². The summed E-state index contributed by atoms with van der Waals surface area (Å²) in [5, 5.41) is 0. The molecule has 2 fully saturated rings. The minimum atomic E-state index is -0.566. The minimum absolute atomic E-state index is 0.0233. The average molecular weight is 386 g/mol. The highest BCUT2D eigenvalue weighted by atomic mass is 16.6. The number of rotatable bonds is 5. The van der Waals surface area contributed by atoms with Gasteiger partial charge in [0, 0.05) is 31.6 Å². The second kappa shape index (κ2) is 7.74. The second-order valence-electron chi connectivity index (χ2n) is 8.38. The predicted molar refractivity (Wildman–Crippen MR) is 105 cm³/mol. The van der Waals surface area contributed by atoms with Crippen molar-refractivity contribution in [3.8, 4) is 5.75 Å². The molecular weight excluding hydrogens is 356 g/mol. The number of benzene rings is 1. The van der Waals surface area contributed by atoms with Crippen molar-refractivity contribution in [3.05, 3.63) is 29.3 Å². The predicted octanol–water partition coefficient (Wildman–Crippen LogP) is 2.81. The molecule has 28 heavy (non-hydrogen) atoms. The number of likely N-dealkylation sites (N-methyl/N-ethyl adjacent to an activating group) is 1. The second-order valence-corrected chi connectivity index (χ2v) is 8.38. The molecule has 2 heterocycles. The number of ether oxygens (including phenoxy) is 2. The minimum Gasteiger partial charge on any atom is -0.497 e. The summed E-state index contributed by atoms with van der Waals surface area (Å²) in [6.07, 6.45) is 5.46. The third-order valence-electron chi connectivity index (χ3n) is 6.69. The Bertz CT molecular complexity index is 749. The lowest BCUT2D eigenvalue weighted by Crippen LogP contribution is -2.41. The van der Waals surface area contributed by atoms with Crippen molar-refractivity contribution < 1.29 is 19.1 Å². The number of carbonyl (C=O) groups is 2. The van der Waals surface area contributed by atoms with E-state index < -0.39 is 5.60 Å². The van der Waals surface area contributed by atoms with Gasteiger partial charge in [-0.05, 0) is 63.7 Å². The molecule has 1 aromatic carbocycles. The van der Waals surface area contributed by atoms with E-state index in [1.165, 1.54) is 12.8 Å². The van der Waals surface area contributed by atoms with E-state index in [1.807, 2.05) is 24.1 Å². The fourth-order valence-corrected chi connectivity index (χ4v) is 4.93. The molecule has 0 bridgehead atoms. The zero-order chi connectivity index (χ0) is 19.7. The first-order valence-electron chi connectivity index (χ1n) is 10.4. The molecule has 1 spiro atoms. The van der Waals surface area contributed by atoms with Crippen LogP contribution in [0.25, 0.3) is 0 Å². The molecule has 0 N–H and O–H groups in total. The van der Waals surface area contributed by atoms with Crippen LogP contribution >= 0.6 is 0 Å². The molecule has 6 nitrogen and oxygen atoms in total. The van der Waals surface area contributed by atoms with Gasteiger partial charge in [-0.2, -0.15) is 0 Å². The molecule has 1 amide bonds. The van der Waals surface area contributed by atoms with Crippen molar-refractivity contribution in [3.63, 3.8) is 0 Å². The Labute approximate surface area is 166 Å². The lowest BCUT2D eigenvalue weighted by atomic mass is 9.74. The summed E-state index contributed by atoms with van der Waals surface area (Å²) in [4.78, 5) is 29.6. The summed E-state index contributed by atoms with van der Waals surface area (Å²) in [6, 6.07) is 5.59. The van der Waals surface area contributed by atoms with Gasteiger partial charge in [0.25, 0.3) is 0 Å². The van der Waals surface area contributed by atoms with Gasteiger partial charge in [-0.1, -0.05) is 6.07 Å². The average Bonchev–Trinajstić information content (AvgIpc) is 3.33. The monoisotopic (exact) mass is 386 g/mol. The summed E-state index contributed by atoms with van der Waals surface area (Å²) in [7, 11) is 3.51. The summed E-state index contributed by atoms with van der Waals surface area (Å²) >= 11 is 0. The summed E-state index contributed by atoms with van der Waals surface area (Å²) in [5.74, 6) is 0.640. The number of methoxy groups -OCH3 is 1. The number of hydrogen-bond acceptors (Lipinski definition) is 5.